The molecule has 0 aliphatic carbocycles. The molecule has 1 aliphatic rings. The van der Waals surface area contributed by atoms with E-state index in [9.17, 15) is 14.7 Å². The number of aromatic nitrogens is 1. The summed E-state index contributed by atoms with van der Waals surface area (Å²) in [6, 6.07) is 17.8. The number of nitrogens with zero attached hydrogens (tertiary/aromatic N) is 2. The summed E-state index contributed by atoms with van der Waals surface area (Å²) in [6.07, 6.45) is 7.03. The first-order valence-electron chi connectivity index (χ1n) is 12.4. The van der Waals surface area contributed by atoms with Crippen molar-refractivity contribution in [1.29, 1.82) is 0 Å². The van der Waals surface area contributed by atoms with E-state index in [2.05, 4.69) is 69.2 Å². The van der Waals surface area contributed by atoms with Crippen LogP contribution in [0.4, 0.5) is 5.69 Å². The molecule has 36 heavy (non-hydrogen) atoms. The van der Waals surface area contributed by atoms with Crippen LogP contribution >= 0.6 is 11.8 Å². The van der Waals surface area contributed by atoms with Gasteiger partial charge in [0.05, 0.1) is 34.7 Å². The van der Waals surface area contributed by atoms with Crippen LogP contribution in [0.15, 0.2) is 70.7 Å². The number of carbonyl (C=O) groups is 2. The van der Waals surface area contributed by atoms with Crippen molar-refractivity contribution in [3.63, 3.8) is 0 Å². The first-order valence-corrected chi connectivity index (χ1v) is 13.2. The Balaban J connectivity index is 1.47. The van der Waals surface area contributed by atoms with Gasteiger partial charge in [-0.05, 0) is 55.5 Å². The number of anilines is 1. The van der Waals surface area contributed by atoms with E-state index in [0.29, 0.717) is 25.8 Å². The van der Waals surface area contributed by atoms with Gasteiger partial charge < -0.3 is 25.9 Å². The van der Waals surface area contributed by atoms with Crippen LogP contribution in [0.2, 0.25) is 0 Å². The van der Waals surface area contributed by atoms with Gasteiger partial charge in [-0.25, -0.2) is 4.57 Å². The minimum absolute atomic E-state index is 0.250. The molecule has 4 N–H and O–H groups in total. The van der Waals surface area contributed by atoms with Crippen LogP contribution in [0.3, 0.4) is 0 Å². The SMILES string of the molecule is C[n+]1ccc(C=C2Sc3ccccc3N2CCCC(=O)NC(CCCC[NH3+])C(=O)[O-])c2ccccc21. The quantitative estimate of drug-likeness (QED) is 0.306. The second-order valence-corrected chi connectivity index (χ2v) is 10.1. The minimum atomic E-state index is -1.23. The minimum Gasteiger partial charge on any atom is -0.548 e. The predicted octanol–water partition coefficient (Wildman–Crippen LogP) is 2.00. The summed E-state index contributed by atoms with van der Waals surface area (Å²) in [5, 5.41) is 16.3. The van der Waals surface area contributed by atoms with E-state index in [-0.39, 0.29) is 12.3 Å². The van der Waals surface area contributed by atoms with Gasteiger partial charge in [0.15, 0.2) is 6.20 Å². The van der Waals surface area contributed by atoms with E-state index in [4.69, 9.17) is 0 Å². The van der Waals surface area contributed by atoms with Gasteiger partial charge >= 0.3 is 0 Å². The average Bonchev–Trinajstić information content (AvgIpc) is 3.22. The number of pyridine rings is 1. The first kappa shape index (κ1) is 25.7. The zero-order valence-electron chi connectivity index (χ0n) is 20.6. The molecular weight excluding hydrogens is 472 g/mol. The third-order valence-corrected chi connectivity index (χ3v) is 7.50. The summed E-state index contributed by atoms with van der Waals surface area (Å²) >= 11 is 1.73. The zero-order valence-corrected chi connectivity index (χ0v) is 21.4. The highest BCUT2D eigenvalue weighted by molar-refractivity contribution is 8.03. The Bertz CT molecular complexity index is 1280. The van der Waals surface area contributed by atoms with E-state index in [1.165, 1.54) is 10.3 Å². The summed E-state index contributed by atoms with van der Waals surface area (Å²) < 4.78 is 2.11. The number of aryl methyl sites for hydroxylation is 1. The highest BCUT2D eigenvalue weighted by Crippen LogP contribution is 2.46. The van der Waals surface area contributed by atoms with E-state index in [1.807, 2.05) is 25.2 Å². The molecule has 0 saturated carbocycles. The fourth-order valence-corrected chi connectivity index (χ4v) is 5.62. The smallest absolute Gasteiger partial charge is 0.220 e. The monoisotopic (exact) mass is 505 g/mol. The van der Waals surface area contributed by atoms with Crippen LogP contribution in [0.5, 0.6) is 0 Å². The molecule has 1 amide bonds. The van der Waals surface area contributed by atoms with E-state index in [0.717, 1.165) is 34.8 Å². The molecule has 1 aliphatic heterocycles. The van der Waals surface area contributed by atoms with Crippen LogP contribution < -0.4 is 25.6 Å². The molecule has 0 radical (unpaired) electrons. The Morgan fingerprint density at radius 1 is 1.11 bits per heavy atom. The molecular formula is C28H33N4O3S+. The van der Waals surface area contributed by atoms with E-state index < -0.39 is 12.0 Å². The number of nitrogens with one attached hydrogen (secondary N) is 1. The third kappa shape index (κ3) is 6.06. The van der Waals surface area contributed by atoms with Crippen molar-refractivity contribution in [3.05, 3.63) is 71.4 Å². The van der Waals surface area contributed by atoms with Gasteiger partial charge in [0.1, 0.15) is 7.05 Å². The van der Waals surface area contributed by atoms with Crippen molar-refractivity contribution in [2.75, 3.05) is 18.0 Å². The number of aliphatic carboxylic acids is 1. The fraction of sp³-hybridized carbons (Fsp3) is 0.321. The van der Waals surface area contributed by atoms with Gasteiger partial charge in [0, 0.05) is 30.0 Å². The lowest BCUT2D eigenvalue weighted by Gasteiger charge is -2.22. The van der Waals surface area contributed by atoms with Crippen molar-refractivity contribution in [2.24, 2.45) is 7.05 Å². The van der Waals surface area contributed by atoms with Gasteiger partial charge in [0.2, 0.25) is 11.4 Å². The van der Waals surface area contributed by atoms with Gasteiger partial charge in [-0.2, -0.15) is 0 Å². The van der Waals surface area contributed by atoms with Crippen molar-refractivity contribution in [3.8, 4) is 0 Å². The number of carboxylic acid groups (broad SMARTS) is 1. The summed E-state index contributed by atoms with van der Waals surface area (Å²) in [5.74, 6) is -1.49. The highest BCUT2D eigenvalue weighted by atomic mass is 32.2. The van der Waals surface area contributed by atoms with Gasteiger partial charge in [0.25, 0.3) is 0 Å². The Kier molecular flexibility index (Phi) is 8.61. The molecule has 7 nitrogen and oxygen atoms in total. The molecule has 2 aromatic carbocycles. The Labute approximate surface area is 216 Å². The second-order valence-electron chi connectivity index (χ2n) is 9.00. The number of fused-ring (bicyclic) bond motifs is 2. The predicted molar refractivity (Wildman–Crippen MR) is 141 cm³/mol. The summed E-state index contributed by atoms with van der Waals surface area (Å²) in [6.45, 7) is 1.40. The number of hydrogen-bond acceptors (Lipinski definition) is 5. The fourth-order valence-electron chi connectivity index (χ4n) is 4.48. The number of unbranched alkanes of at least 4 members (excludes halogenated alkanes) is 1. The maximum Gasteiger partial charge on any atom is 0.220 e. The van der Waals surface area contributed by atoms with Crippen molar-refractivity contribution >= 4 is 46.3 Å². The molecule has 2 heterocycles. The Morgan fingerprint density at radius 3 is 2.69 bits per heavy atom. The molecule has 1 atom stereocenters. The van der Waals surface area contributed by atoms with Gasteiger partial charge in [-0.1, -0.05) is 36.0 Å². The normalized spacial score (nSPS) is 14.7. The molecule has 188 valence electrons. The lowest BCUT2D eigenvalue weighted by Crippen LogP contribution is -2.50. The zero-order chi connectivity index (χ0) is 25.5. The summed E-state index contributed by atoms with van der Waals surface area (Å²) in [7, 11) is 2.04. The third-order valence-electron chi connectivity index (χ3n) is 6.39. The molecule has 4 rings (SSSR count). The number of quaternary nitrogens is 1. The second kappa shape index (κ2) is 12.1. The number of para-hydroxylation sites is 2. The van der Waals surface area contributed by atoms with Crippen molar-refractivity contribution < 1.29 is 25.0 Å². The molecule has 0 bridgehead atoms. The summed E-state index contributed by atoms with van der Waals surface area (Å²) in [4.78, 5) is 27.4. The summed E-state index contributed by atoms with van der Waals surface area (Å²) in [5.41, 5.74) is 7.20. The van der Waals surface area contributed by atoms with Crippen LogP contribution in [-0.2, 0) is 16.6 Å². The molecule has 8 heteroatoms. The highest BCUT2D eigenvalue weighted by Gasteiger charge is 2.25. The largest absolute Gasteiger partial charge is 0.548 e. The average molecular weight is 506 g/mol. The standard InChI is InChI=1S/C28H32N4O3S/c1-31-18-15-20(21-9-2-3-11-23(21)31)19-27-32(24-12-4-5-13-25(24)36-27)17-8-14-26(33)30-22(28(34)35)10-6-7-16-29/h2-5,9,11-13,15,18-19,22H,6-8,10,14,16-17,29H2,1H3,(H-,30,33,34,35)/p+1. The number of rotatable bonds is 11. The first-order chi connectivity index (χ1) is 17.5. The number of carbonyl (C=O) groups excluding carboxylic acids is 2. The lowest BCUT2D eigenvalue weighted by molar-refractivity contribution is -0.644. The molecule has 3 aromatic rings. The van der Waals surface area contributed by atoms with Gasteiger partial charge in [-0.15, -0.1) is 0 Å². The molecule has 0 fully saturated rings. The topological polar surface area (TPSA) is 104 Å². The van der Waals surface area contributed by atoms with Crippen molar-refractivity contribution in [1.82, 2.24) is 5.32 Å². The maximum atomic E-state index is 12.5. The number of thioether (sulfide) groups is 1. The van der Waals surface area contributed by atoms with Crippen LogP contribution in [-0.4, -0.2) is 31.0 Å². The molecule has 1 aromatic heterocycles. The van der Waals surface area contributed by atoms with Crippen LogP contribution in [0, 0.1) is 0 Å². The van der Waals surface area contributed by atoms with E-state index in [1.54, 1.807) is 11.8 Å². The molecule has 0 spiro atoms. The Morgan fingerprint density at radius 2 is 1.89 bits per heavy atom. The van der Waals surface area contributed by atoms with Gasteiger partial charge in [-0.3, -0.25) is 4.79 Å². The number of amides is 1. The Hall–Kier alpha value is -3.36. The molecule has 0 saturated heterocycles. The number of carboxylic acids is 1. The van der Waals surface area contributed by atoms with E-state index >= 15 is 0 Å². The lowest BCUT2D eigenvalue weighted by atomic mass is 10.1. The maximum absolute atomic E-state index is 12.5. The number of benzene rings is 2. The van der Waals surface area contributed by atoms with Crippen LogP contribution in [0.1, 0.15) is 37.7 Å². The molecule has 1 unspecified atom stereocenters. The number of hydrogen-bond donors (Lipinski definition) is 2. The van der Waals surface area contributed by atoms with Crippen molar-refractivity contribution in [2.45, 2.75) is 43.0 Å². The van der Waals surface area contributed by atoms with Crippen LogP contribution in [0.25, 0.3) is 17.0 Å².